The van der Waals surface area contributed by atoms with Crippen molar-refractivity contribution < 1.29 is 9.59 Å². The Morgan fingerprint density at radius 2 is 1.82 bits per heavy atom. The highest BCUT2D eigenvalue weighted by atomic mass is 16.2. The molecule has 0 spiro atoms. The lowest BCUT2D eigenvalue weighted by atomic mass is 9.92. The van der Waals surface area contributed by atoms with Gasteiger partial charge in [-0.3, -0.25) is 14.3 Å². The molecule has 3 atom stereocenters. The van der Waals surface area contributed by atoms with Gasteiger partial charge in [0.15, 0.2) is 0 Å². The van der Waals surface area contributed by atoms with Gasteiger partial charge in [0.25, 0.3) is 0 Å². The van der Waals surface area contributed by atoms with Crippen molar-refractivity contribution in [3.8, 4) is 0 Å². The Balaban J connectivity index is 1.21. The van der Waals surface area contributed by atoms with E-state index in [1.54, 1.807) is 10.9 Å². The number of hydrogen-bond donors (Lipinski definition) is 0. The molecule has 1 aromatic heterocycles. The number of rotatable bonds is 3. The number of aromatic nitrogens is 2. The first-order valence-electron chi connectivity index (χ1n) is 10.3. The van der Waals surface area contributed by atoms with Crippen LogP contribution in [-0.2, 0) is 16.1 Å². The molecule has 6 heteroatoms. The highest BCUT2D eigenvalue weighted by Gasteiger charge is 2.41. The monoisotopic (exact) mass is 378 g/mol. The first kappa shape index (κ1) is 17.5. The van der Waals surface area contributed by atoms with Gasteiger partial charge in [-0.2, -0.15) is 5.10 Å². The van der Waals surface area contributed by atoms with E-state index in [0.717, 1.165) is 36.7 Å². The lowest BCUT2D eigenvalue weighted by Gasteiger charge is -2.27. The first-order chi connectivity index (χ1) is 13.7. The number of carbonyl (C=O) groups is 2. The summed E-state index contributed by atoms with van der Waals surface area (Å²) in [7, 11) is 0. The molecule has 2 amide bonds. The predicted molar refractivity (Wildman–Crippen MR) is 106 cm³/mol. The fourth-order valence-electron chi connectivity index (χ4n) is 5.07. The predicted octanol–water partition coefficient (Wildman–Crippen LogP) is 2.31. The normalized spacial score (nSPS) is 26.8. The lowest BCUT2D eigenvalue weighted by molar-refractivity contribution is -0.137. The molecule has 2 fully saturated rings. The Kier molecular flexibility index (Phi) is 4.41. The summed E-state index contributed by atoms with van der Waals surface area (Å²) in [5, 5.41) is 5.41. The number of benzene rings is 1. The third-order valence-corrected chi connectivity index (χ3v) is 6.59. The van der Waals surface area contributed by atoms with Gasteiger partial charge in [0.2, 0.25) is 11.8 Å². The molecule has 0 radical (unpaired) electrons. The SMILES string of the molecule is O=C(Cn1ncc2ccccc21)N1CCCN(C(=O)[C@H]2C[C@@H]3C=C[C@H]2C3)CC1. The van der Waals surface area contributed by atoms with Crippen LogP contribution in [0.2, 0.25) is 0 Å². The maximum Gasteiger partial charge on any atom is 0.244 e. The number of nitrogens with zero attached hydrogens (tertiary/aromatic N) is 4. The first-order valence-corrected chi connectivity index (χ1v) is 10.3. The molecule has 2 aromatic rings. The summed E-state index contributed by atoms with van der Waals surface area (Å²) in [6.45, 7) is 2.96. The fraction of sp³-hybridized carbons (Fsp3) is 0.500. The van der Waals surface area contributed by atoms with Gasteiger partial charge in [0.1, 0.15) is 6.54 Å². The zero-order valence-corrected chi connectivity index (χ0v) is 16.0. The van der Waals surface area contributed by atoms with Crippen molar-refractivity contribution >= 4 is 22.7 Å². The Hall–Kier alpha value is -2.63. The second-order valence-corrected chi connectivity index (χ2v) is 8.31. The molecule has 3 aliphatic rings. The van der Waals surface area contributed by atoms with Crippen LogP contribution in [0.5, 0.6) is 0 Å². The number of para-hydroxylation sites is 1. The molecule has 0 N–H and O–H groups in total. The van der Waals surface area contributed by atoms with E-state index in [0.29, 0.717) is 37.4 Å². The highest BCUT2D eigenvalue weighted by Crippen LogP contribution is 2.44. The molecular weight excluding hydrogens is 352 g/mol. The quantitative estimate of drug-likeness (QED) is 0.770. The minimum atomic E-state index is 0.0750. The van der Waals surface area contributed by atoms with Crippen LogP contribution in [0.25, 0.3) is 10.9 Å². The van der Waals surface area contributed by atoms with Crippen LogP contribution in [0.15, 0.2) is 42.6 Å². The van der Waals surface area contributed by atoms with Gasteiger partial charge in [-0.15, -0.1) is 0 Å². The largest absolute Gasteiger partial charge is 0.341 e. The van der Waals surface area contributed by atoms with Crippen LogP contribution in [0.1, 0.15) is 19.3 Å². The maximum absolute atomic E-state index is 13.0. The lowest BCUT2D eigenvalue weighted by Crippen LogP contribution is -2.41. The average Bonchev–Trinajstić information content (AvgIpc) is 3.39. The zero-order chi connectivity index (χ0) is 19.1. The second kappa shape index (κ2) is 7.08. The number of allylic oxidation sites excluding steroid dienone is 2. The molecule has 2 aliphatic carbocycles. The topological polar surface area (TPSA) is 58.4 Å². The van der Waals surface area contributed by atoms with E-state index in [1.807, 2.05) is 34.1 Å². The molecule has 0 unspecified atom stereocenters. The number of carbonyl (C=O) groups excluding carboxylic acids is 2. The smallest absolute Gasteiger partial charge is 0.244 e. The average molecular weight is 378 g/mol. The summed E-state index contributed by atoms with van der Waals surface area (Å²) in [5.74, 6) is 1.57. The Morgan fingerprint density at radius 1 is 1.00 bits per heavy atom. The molecule has 1 aromatic carbocycles. The van der Waals surface area contributed by atoms with E-state index in [9.17, 15) is 9.59 Å². The molecule has 2 bridgehead atoms. The van der Waals surface area contributed by atoms with Gasteiger partial charge in [-0.25, -0.2) is 0 Å². The van der Waals surface area contributed by atoms with Crippen LogP contribution in [-0.4, -0.2) is 57.6 Å². The zero-order valence-electron chi connectivity index (χ0n) is 16.0. The Bertz CT molecular complexity index is 934. The Labute approximate surface area is 164 Å². The summed E-state index contributed by atoms with van der Waals surface area (Å²) >= 11 is 0. The maximum atomic E-state index is 13.0. The van der Waals surface area contributed by atoms with Gasteiger partial charge in [0.05, 0.1) is 11.7 Å². The third-order valence-electron chi connectivity index (χ3n) is 6.59. The second-order valence-electron chi connectivity index (χ2n) is 8.31. The molecule has 5 rings (SSSR count). The summed E-state index contributed by atoms with van der Waals surface area (Å²) in [4.78, 5) is 29.7. The van der Waals surface area contributed by atoms with Gasteiger partial charge < -0.3 is 9.80 Å². The van der Waals surface area contributed by atoms with Crippen molar-refractivity contribution in [1.29, 1.82) is 0 Å². The van der Waals surface area contributed by atoms with E-state index >= 15 is 0 Å². The summed E-state index contributed by atoms with van der Waals surface area (Å²) in [6, 6.07) is 7.93. The van der Waals surface area contributed by atoms with Crippen molar-refractivity contribution in [2.24, 2.45) is 17.8 Å². The Morgan fingerprint density at radius 3 is 2.64 bits per heavy atom. The molecule has 1 saturated heterocycles. The van der Waals surface area contributed by atoms with Crippen LogP contribution in [0, 0.1) is 17.8 Å². The summed E-state index contributed by atoms with van der Waals surface area (Å²) in [5.41, 5.74) is 0.979. The molecule has 1 aliphatic heterocycles. The van der Waals surface area contributed by atoms with Crippen molar-refractivity contribution in [1.82, 2.24) is 19.6 Å². The van der Waals surface area contributed by atoms with Gasteiger partial charge in [-0.1, -0.05) is 30.4 Å². The minimum absolute atomic E-state index is 0.0750. The van der Waals surface area contributed by atoms with Crippen molar-refractivity contribution in [2.45, 2.75) is 25.8 Å². The van der Waals surface area contributed by atoms with E-state index in [-0.39, 0.29) is 18.4 Å². The van der Waals surface area contributed by atoms with Crippen molar-refractivity contribution in [3.63, 3.8) is 0 Å². The number of fused-ring (bicyclic) bond motifs is 3. The van der Waals surface area contributed by atoms with Crippen molar-refractivity contribution in [3.05, 3.63) is 42.6 Å². The highest BCUT2D eigenvalue weighted by molar-refractivity contribution is 5.82. The fourth-order valence-corrected chi connectivity index (χ4v) is 5.07. The van der Waals surface area contributed by atoms with Crippen LogP contribution in [0.4, 0.5) is 0 Å². The molecule has 1 saturated carbocycles. The van der Waals surface area contributed by atoms with Crippen molar-refractivity contribution in [2.75, 3.05) is 26.2 Å². The van der Waals surface area contributed by atoms with Crippen LogP contribution < -0.4 is 0 Å². The molecule has 146 valence electrons. The van der Waals surface area contributed by atoms with Crippen LogP contribution in [0.3, 0.4) is 0 Å². The summed E-state index contributed by atoms with van der Waals surface area (Å²) < 4.78 is 1.77. The van der Waals surface area contributed by atoms with E-state index in [2.05, 4.69) is 17.3 Å². The van der Waals surface area contributed by atoms with Gasteiger partial charge in [0, 0.05) is 37.5 Å². The molecule has 6 nitrogen and oxygen atoms in total. The van der Waals surface area contributed by atoms with Crippen LogP contribution >= 0.6 is 0 Å². The number of hydrogen-bond acceptors (Lipinski definition) is 3. The van der Waals surface area contributed by atoms with Gasteiger partial charge in [-0.05, 0) is 37.2 Å². The van der Waals surface area contributed by atoms with E-state index in [1.165, 1.54) is 0 Å². The standard InChI is InChI=1S/C22H26N4O2/c27-21(15-26-20-5-2-1-4-18(20)14-23-26)24-8-3-9-25(11-10-24)22(28)19-13-16-6-7-17(19)12-16/h1-2,4-7,14,16-17,19H,3,8-13,15H2/t16-,17+,19+/m1/s1. The molecule has 2 heterocycles. The summed E-state index contributed by atoms with van der Waals surface area (Å²) in [6.07, 6.45) is 9.30. The third kappa shape index (κ3) is 3.11. The molecule has 28 heavy (non-hydrogen) atoms. The molecular formula is C22H26N4O2. The van der Waals surface area contributed by atoms with Gasteiger partial charge >= 0.3 is 0 Å². The van der Waals surface area contributed by atoms with E-state index < -0.39 is 0 Å². The number of amides is 2. The minimum Gasteiger partial charge on any atom is -0.341 e. The van der Waals surface area contributed by atoms with E-state index in [4.69, 9.17) is 0 Å².